The van der Waals surface area contributed by atoms with Crippen molar-refractivity contribution in [1.29, 1.82) is 0 Å². The Labute approximate surface area is 322 Å². The largest absolute Gasteiger partial charge is 0.308 e. The molecule has 0 spiro atoms. The van der Waals surface area contributed by atoms with E-state index >= 15 is 0 Å². The predicted octanol–water partition coefficient (Wildman–Crippen LogP) is 12.1. The zero-order valence-electron chi connectivity index (χ0n) is 30.2. The van der Waals surface area contributed by atoms with Crippen molar-refractivity contribution >= 4 is 43.6 Å². The molecule has 0 N–H and O–H groups in total. The Hall–Kier alpha value is -7.70. The molecule has 0 saturated heterocycles. The molecular formula is C50H32N6. The van der Waals surface area contributed by atoms with E-state index in [0.717, 1.165) is 82.7 Å². The number of para-hydroxylation sites is 4. The molecule has 0 radical (unpaired) electrons. The van der Waals surface area contributed by atoms with Crippen LogP contribution in [0.5, 0.6) is 0 Å². The summed E-state index contributed by atoms with van der Waals surface area (Å²) in [5.74, 6) is 1.71. The Bertz CT molecular complexity index is 3090. The standard InChI is InChI=1S/C50H32N6/c1-3-16-33(17-4-1)35-24-15-25-36(34-18-5-2-6-19-34)47(35)49-52-48(53-50(54-49)56-43-27-12-7-20-37(43)38-21-8-13-28-44(38)56)40-23-10-14-29-45(40)55-42-26-11-9-22-39(42)41-32-51-31-30-46(41)55/h1-32H. The third-order valence-electron chi connectivity index (χ3n) is 10.7. The summed E-state index contributed by atoms with van der Waals surface area (Å²) in [7, 11) is 0. The summed E-state index contributed by atoms with van der Waals surface area (Å²) in [5, 5.41) is 4.50. The van der Waals surface area contributed by atoms with E-state index in [4.69, 9.17) is 15.0 Å². The molecule has 11 aromatic rings. The second kappa shape index (κ2) is 13.0. The molecule has 0 aliphatic heterocycles. The minimum absolute atomic E-state index is 0.547. The summed E-state index contributed by atoms with van der Waals surface area (Å²) in [5.41, 5.74) is 11.2. The van der Waals surface area contributed by atoms with E-state index < -0.39 is 0 Å². The van der Waals surface area contributed by atoms with Gasteiger partial charge in [-0.25, -0.2) is 4.98 Å². The van der Waals surface area contributed by atoms with Gasteiger partial charge in [0.1, 0.15) is 0 Å². The molecule has 6 nitrogen and oxygen atoms in total. The maximum absolute atomic E-state index is 5.49. The minimum Gasteiger partial charge on any atom is -0.308 e. The summed E-state index contributed by atoms with van der Waals surface area (Å²) in [4.78, 5) is 20.9. The van der Waals surface area contributed by atoms with Crippen molar-refractivity contribution < 1.29 is 0 Å². The molecular weight excluding hydrogens is 685 g/mol. The van der Waals surface area contributed by atoms with E-state index in [0.29, 0.717) is 17.6 Å². The predicted molar refractivity (Wildman–Crippen MR) is 228 cm³/mol. The van der Waals surface area contributed by atoms with Gasteiger partial charge < -0.3 is 4.57 Å². The van der Waals surface area contributed by atoms with Crippen LogP contribution in [0.1, 0.15) is 0 Å². The smallest absolute Gasteiger partial charge is 0.238 e. The molecule has 0 unspecified atom stereocenters. The summed E-state index contributed by atoms with van der Waals surface area (Å²) in [6, 6.07) is 63.4. The van der Waals surface area contributed by atoms with Gasteiger partial charge in [-0.2, -0.15) is 9.97 Å². The Kier molecular flexibility index (Phi) is 7.38. The van der Waals surface area contributed by atoms with Gasteiger partial charge in [0.15, 0.2) is 11.6 Å². The van der Waals surface area contributed by atoms with Crippen molar-refractivity contribution in [2.24, 2.45) is 0 Å². The number of nitrogens with zero attached hydrogens (tertiary/aromatic N) is 6. The zero-order valence-corrected chi connectivity index (χ0v) is 30.2. The zero-order chi connectivity index (χ0) is 37.0. The Morgan fingerprint density at radius 1 is 0.339 bits per heavy atom. The van der Waals surface area contributed by atoms with Crippen LogP contribution in [-0.4, -0.2) is 29.1 Å². The molecule has 6 heteroatoms. The molecule has 4 heterocycles. The molecule has 0 atom stereocenters. The number of benzene rings is 7. The lowest BCUT2D eigenvalue weighted by atomic mass is 9.91. The first kappa shape index (κ1) is 31.8. The normalized spacial score (nSPS) is 11.6. The van der Waals surface area contributed by atoms with Crippen LogP contribution in [-0.2, 0) is 0 Å². The van der Waals surface area contributed by atoms with Gasteiger partial charge >= 0.3 is 0 Å². The van der Waals surface area contributed by atoms with Crippen LogP contribution < -0.4 is 0 Å². The van der Waals surface area contributed by atoms with Crippen LogP contribution in [0.15, 0.2) is 194 Å². The first-order valence-corrected chi connectivity index (χ1v) is 18.7. The summed E-state index contributed by atoms with van der Waals surface area (Å²) in [6.07, 6.45) is 3.80. The fraction of sp³-hybridized carbons (Fsp3) is 0. The Balaban J connectivity index is 1.26. The maximum Gasteiger partial charge on any atom is 0.238 e. The van der Waals surface area contributed by atoms with Crippen molar-refractivity contribution in [3.05, 3.63) is 194 Å². The molecule has 0 aliphatic carbocycles. The van der Waals surface area contributed by atoms with Gasteiger partial charge in [0.25, 0.3) is 0 Å². The minimum atomic E-state index is 0.547. The van der Waals surface area contributed by atoms with Crippen LogP contribution in [0.2, 0.25) is 0 Å². The Morgan fingerprint density at radius 2 is 0.821 bits per heavy atom. The van der Waals surface area contributed by atoms with Gasteiger partial charge in [0, 0.05) is 45.1 Å². The highest BCUT2D eigenvalue weighted by molar-refractivity contribution is 6.10. The molecule has 4 aromatic heterocycles. The van der Waals surface area contributed by atoms with Gasteiger partial charge in [-0.1, -0.05) is 146 Å². The van der Waals surface area contributed by atoms with E-state index in [1.807, 2.05) is 24.5 Å². The fourth-order valence-electron chi connectivity index (χ4n) is 8.28. The average Bonchev–Trinajstić information content (AvgIpc) is 3.80. The van der Waals surface area contributed by atoms with Gasteiger partial charge in [0.05, 0.1) is 27.8 Å². The molecule has 7 aromatic carbocycles. The first-order valence-electron chi connectivity index (χ1n) is 18.7. The number of hydrogen-bond donors (Lipinski definition) is 0. The monoisotopic (exact) mass is 716 g/mol. The van der Waals surface area contributed by atoms with Gasteiger partial charge in [-0.15, -0.1) is 0 Å². The maximum atomic E-state index is 5.49. The van der Waals surface area contributed by atoms with Crippen LogP contribution in [0.3, 0.4) is 0 Å². The lowest BCUT2D eigenvalue weighted by Gasteiger charge is -2.18. The molecule has 0 fully saturated rings. The average molecular weight is 717 g/mol. The van der Waals surface area contributed by atoms with Crippen molar-refractivity contribution in [2.45, 2.75) is 0 Å². The quantitative estimate of drug-likeness (QED) is 0.172. The highest BCUT2D eigenvalue weighted by Gasteiger charge is 2.24. The van der Waals surface area contributed by atoms with Crippen LogP contribution in [0.25, 0.3) is 100 Å². The number of hydrogen-bond acceptors (Lipinski definition) is 4. The number of fused-ring (bicyclic) bond motifs is 6. The van der Waals surface area contributed by atoms with Crippen LogP contribution in [0.4, 0.5) is 0 Å². The number of pyridine rings is 1. The molecule has 0 amide bonds. The van der Waals surface area contributed by atoms with Gasteiger partial charge in [-0.3, -0.25) is 9.55 Å². The van der Waals surface area contributed by atoms with Crippen molar-refractivity contribution in [2.75, 3.05) is 0 Å². The number of aromatic nitrogens is 6. The summed E-state index contributed by atoms with van der Waals surface area (Å²) < 4.78 is 4.49. The topological polar surface area (TPSA) is 61.4 Å². The highest BCUT2D eigenvalue weighted by Crippen LogP contribution is 2.41. The van der Waals surface area contributed by atoms with Crippen molar-refractivity contribution in [3.8, 4) is 56.7 Å². The molecule has 56 heavy (non-hydrogen) atoms. The lowest BCUT2D eigenvalue weighted by Crippen LogP contribution is -2.08. The van der Waals surface area contributed by atoms with E-state index in [-0.39, 0.29) is 0 Å². The van der Waals surface area contributed by atoms with Crippen LogP contribution >= 0.6 is 0 Å². The third kappa shape index (κ3) is 5.04. The van der Waals surface area contributed by atoms with E-state index in [2.05, 4.69) is 184 Å². The third-order valence-corrected chi connectivity index (χ3v) is 10.7. The fourth-order valence-corrected chi connectivity index (χ4v) is 8.28. The molecule has 0 saturated carbocycles. The lowest BCUT2D eigenvalue weighted by molar-refractivity contribution is 0.952. The van der Waals surface area contributed by atoms with E-state index in [9.17, 15) is 0 Å². The summed E-state index contributed by atoms with van der Waals surface area (Å²) in [6.45, 7) is 0. The van der Waals surface area contributed by atoms with Crippen molar-refractivity contribution in [1.82, 2.24) is 29.1 Å². The van der Waals surface area contributed by atoms with Crippen molar-refractivity contribution in [3.63, 3.8) is 0 Å². The van der Waals surface area contributed by atoms with E-state index in [1.165, 1.54) is 0 Å². The molecule has 262 valence electrons. The molecule has 11 rings (SSSR count). The highest BCUT2D eigenvalue weighted by atomic mass is 15.2. The summed E-state index contributed by atoms with van der Waals surface area (Å²) >= 11 is 0. The second-order valence-electron chi connectivity index (χ2n) is 13.9. The van der Waals surface area contributed by atoms with Gasteiger partial charge in [-0.05, 0) is 58.7 Å². The van der Waals surface area contributed by atoms with Gasteiger partial charge in [0.2, 0.25) is 5.95 Å². The SMILES string of the molecule is c1ccc(-c2cccc(-c3ccccc3)c2-c2nc(-c3ccccc3-n3c4ccccc4c4cnccc43)nc(-n3c4ccccc4c4ccccc43)n2)cc1. The Morgan fingerprint density at radius 3 is 1.46 bits per heavy atom. The molecule has 0 aliphatic rings. The molecule has 0 bridgehead atoms. The number of rotatable bonds is 6. The second-order valence-corrected chi connectivity index (χ2v) is 13.9. The first-order chi connectivity index (χ1) is 27.8. The van der Waals surface area contributed by atoms with Crippen LogP contribution in [0, 0.1) is 0 Å². The van der Waals surface area contributed by atoms with E-state index in [1.54, 1.807) is 0 Å².